The van der Waals surface area contributed by atoms with Gasteiger partial charge < -0.3 is 5.11 Å². The molecule has 2 heteroatoms. The van der Waals surface area contributed by atoms with Gasteiger partial charge >= 0.3 is 0 Å². The predicted molar refractivity (Wildman–Crippen MR) is 63.1 cm³/mol. The molecule has 0 atom stereocenters. The van der Waals surface area contributed by atoms with Gasteiger partial charge in [-0.05, 0) is 49.7 Å². The molecule has 15 heavy (non-hydrogen) atoms. The van der Waals surface area contributed by atoms with Gasteiger partial charge in [0.25, 0.3) is 0 Å². The highest BCUT2D eigenvalue weighted by molar-refractivity contribution is 6.31. The molecule has 1 fully saturated rings. The van der Waals surface area contributed by atoms with Gasteiger partial charge in [-0.25, -0.2) is 0 Å². The maximum absolute atomic E-state index is 9.42. The molecule has 0 aliphatic heterocycles. The summed E-state index contributed by atoms with van der Waals surface area (Å²) < 4.78 is 0. The molecule has 1 saturated carbocycles. The van der Waals surface area contributed by atoms with E-state index in [1.54, 1.807) is 0 Å². The summed E-state index contributed by atoms with van der Waals surface area (Å²) in [6, 6.07) is 8.07. The van der Waals surface area contributed by atoms with Crippen molar-refractivity contribution in [1.29, 1.82) is 0 Å². The Bertz CT molecular complexity index is 316. The molecule has 1 aliphatic rings. The summed E-state index contributed by atoms with van der Waals surface area (Å²) in [5.74, 6) is 0.702. The van der Waals surface area contributed by atoms with E-state index in [-0.39, 0.29) is 6.10 Å². The normalized spacial score (nSPS) is 26.5. The van der Waals surface area contributed by atoms with Crippen molar-refractivity contribution in [3.8, 4) is 0 Å². The number of rotatable bonds is 2. The van der Waals surface area contributed by atoms with Gasteiger partial charge in [0.2, 0.25) is 0 Å². The molecule has 1 N–H and O–H groups in total. The van der Waals surface area contributed by atoms with E-state index in [2.05, 4.69) is 6.07 Å². The Labute approximate surface area is 96.1 Å². The van der Waals surface area contributed by atoms with Crippen molar-refractivity contribution in [2.24, 2.45) is 5.92 Å². The van der Waals surface area contributed by atoms with E-state index in [0.717, 1.165) is 37.1 Å². The van der Waals surface area contributed by atoms with Crippen LogP contribution in [0.25, 0.3) is 0 Å². The van der Waals surface area contributed by atoms with Gasteiger partial charge in [-0.2, -0.15) is 0 Å². The van der Waals surface area contributed by atoms with Gasteiger partial charge in [-0.15, -0.1) is 0 Å². The third kappa shape index (κ3) is 2.96. The summed E-state index contributed by atoms with van der Waals surface area (Å²) >= 11 is 6.12. The van der Waals surface area contributed by atoms with Crippen LogP contribution in [0.2, 0.25) is 5.02 Å². The molecule has 0 saturated heterocycles. The van der Waals surface area contributed by atoms with Gasteiger partial charge in [0.05, 0.1) is 6.10 Å². The Kier molecular flexibility index (Phi) is 3.66. The molecule has 1 aromatic rings. The molecule has 0 amide bonds. The lowest BCUT2D eigenvalue weighted by molar-refractivity contribution is 0.109. The van der Waals surface area contributed by atoms with E-state index in [1.807, 2.05) is 18.2 Å². The molecule has 82 valence electrons. The van der Waals surface area contributed by atoms with Crippen LogP contribution in [0.3, 0.4) is 0 Å². The van der Waals surface area contributed by atoms with Crippen LogP contribution in [0.1, 0.15) is 31.2 Å². The van der Waals surface area contributed by atoms with Crippen LogP contribution in [0.15, 0.2) is 24.3 Å². The second-order valence-corrected chi connectivity index (χ2v) is 4.88. The summed E-state index contributed by atoms with van der Waals surface area (Å²) in [6.45, 7) is 0. The second-order valence-electron chi connectivity index (χ2n) is 4.47. The Morgan fingerprint density at radius 1 is 1.13 bits per heavy atom. The smallest absolute Gasteiger partial charge is 0.0540 e. The molecule has 0 bridgehead atoms. The van der Waals surface area contributed by atoms with Gasteiger partial charge in [-0.3, -0.25) is 0 Å². The van der Waals surface area contributed by atoms with Crippen LogP contribution >= 0.6 is 11.6 Å². The Morgan fingerprint density at radius 2 is 1.80 bits per heavy atom. The fourth-order valence-corrected chi connectivity index (χ4v) is 2.54. The van der Waals surface area contributed by atoms with Crippen molar-refractivity contribution in [1.82, 2.24) is 0 Å². The second kappa shape index (κ2) is 5.00. The lowest BCUT2D eigenvalue weighted by Gasteiger charge is -2.25. The van der Waals surface area contributed by atoms with Crippen molar-refractivity contribution in [3.05, 3.63) is 34.9 Å². The van der Waals surface area contributed by atoms with E-state index < -0.39 is 0 Å². The Balaban J connectivity index is 1.95. The number of benzene rings is 1. The largest absolute Gasteiger partial charge is 0.393 e. The van der Waals surface area contributed by atoms with Gasteiger partial charge in [0.1, 0.15) is 0 Å². The zero-order valence-electron chi connectivity index (χ0n) is 8.82. The molecule has 1 aliphatic carbocycles. The summed E-state index contributed by atoms with van der Waals surface area (Å²) in [5.41, 5.74) is 1.25. The number of hydrogen-bond donors (Lipinski definition) is 1. The number of halogens is 1. The highest BCUT2D eigenvalue weighted by Gasteiger charge is 2.19. The summed E-state index contributed by atoms with van der Waals surface area (Å²) in [7, 11) is 0. The molecule has 1 aromatic carbocycles. The minimum Gasteiger partial charge on any atom is -0.393 e. The van der Waals surface area contributed by atoms with E-state index in [0.29, 0.717) is 5.92 Å². The minimum atomic E-state index is -0.0625. The van der Waals surface area contributed by atoms with Crippen LogP contribution in [0, 0.1) is 5.92 Å². The third-order valence-corrected chi connectivity index (χ3v) is 3.65. The molecule has 2 rings (SSSR count). The predicted octanol–water partition coefficient (Wildman–Crippen LogP) is 3.43. The van der Waals surface area contributed by atoms with Crippen molar-refractivity contribution in [3.63, 3.8) is 0 Å². The van der Waals surface area contributed by atoms with E-state index in [9.17, 15) is 5.11 Å². The zero-order valence-corrected chi connectivity index (χ0v) is 9.58. The fraction of sp³-hybridized carbons (Fsp3) is 0.538. The third-order valence-electron chi connectivity index (χ3n) is 3.28. The molecule has 0 radical (unpaired) electrons. The maximum Gasteiger partial charge on any atom is 0.0540 e. The van der Waals surface area contributed by atoms with Crippen molar-refractivity contribution in [2.45, 2.75) is 38.2 Å². The Hall–Kier alpha value is -0.530. The van der Waals surface area contributed by atoms with Crippen LogP contribution in [-0.2, 0) is 6.42 Å². The molecule has 0 unspecified atom stereocenters. The molecule has 0 heterocycles. The van der Waals surface area contributed by atoms with E-state index in [4.69, 9.17) is 11.6 Å². The summed E-state index contributed by atoms with van der Waals surface area (Å²) in [4.78, 5) is 0. The fourth-order valence-electron chi connectivity index (χ4n) is 2.32. The van der Waals surface area contributed by atoms with Gasteiger partial charge in [0.15, 0.2) is 0 Å². The molecule has 0 spiro atoms. The maximum atomic E-state index is 9.42. The van der Waals surface area contributed by atoms with Crippen molar-refractivity contribution < 1.29 is 5.11 Å². The molecule has 0 aromatic heterocycles. The SMILES string of the molecule is OC1CCC(Cc2ccccc2Cl)CC1. The van der Waals surface area contributed by atoms with Crippen LogP contribution in [0.5, 0.6) is 0 Å². The molecule has 1 nitrogen and oxygen atoms in total. The number of aliphatic hydroxyl groups excluding tert-OH is 1. The lowest BCUT2D eigenvalue weighted by atomic mass is 9.83. The van der Waals surface area contributed by atoms with Gasteiger partial charge in [-0.1, -0.05) is 29.8 Å². The van der Waals surface area contributed by atoms with Crippen molar-refractivity contribution in [2.75, 3.05) is 0 Å². The van der Waals surface area contributed by atoms with Crippen LogP contribution in [0.4, 0.5) is 0 Å². The van der Waals surface area contributed by atoms with E-state index >= 15 is 0 Å². The average Bonchev–Trinajstić information content (AvgIpc) is 2.25. The topological polar surface area (TPSA) is 20.2 Å². The Morgan fingerprint density at radius 3 is 2.47 bits per heavy atom. The summed E-state index contributed by atoms with van der Waals surface area (Å²) in [5, 5.41) is 10.3. The molecular formula is C13H17ClO. The lowest BCUT2D eigenvalue weighted by Crippen LogP contribution is -2.19. The highest BCUT2D eigenvalue weighted by Crippen LogP contribution is 2.29. The van der Waals surface area contributed by atoms with Crippen molar-refractivity contribution >= 4 is 11.6 Å². The first-order valence-corrected chi connectivity index (χ1v) is 6.05. The number of aliphatic hydroxyl groups is 1. The first kappa shape index (κ1) is 11.0. The number of hydrogen-bond acceptors (Lipinski definition) is 1. The first-order valence-electron chi connectivity index (χ1n) is 5.67. The van der Waals surface area contributed by atoms with E-state index in [1.165, 1.54) is 5.56 Å². The summed E-state index contributed by atoms with van der Waals surface area (Å²) in [6.07, 6.45) is 5.17. The quantitative estimate of drug-likeness (QED) is 0.816. The average molecular weight is 225 g/mol. The monoisotopic (exact) mass is 224 g/mol. The first-order chi connectivity index (χ1) is 7.25. The molecular weight excluding hydrogens is 208 g/mol. The van der Waals surface area contributed by atoms with Crippen LogP contribution in [-0.4, -0.2) is 11.2 Å². The highest BCUT2D eigenvalue weighted by atomic mass is 35.5. The van der Waals surface area contributed by atoms with Crippen LogP contribution < -0.4 is 0 Å². The minimum absolute atomic E-state index is 0.0625. The standard InChI is InChI=1S/C13H17ClO/c14-13-4-2-1-3-11(13)9-10-5-7-12(15)8-6-10/h1-4,10,12,15H,5-9H2. The zero-order chi connectivity index (χ0) is 10.7. The van der Waals surface area contributed by atoms with Gasteiger partial charge in [0, 0.05) is 5.02 Å².